The van der Waals surface area contributed by atoms with Gasteiger partial charge in [-0.3, -0.25) is 0 Å². The first-order valence-electron chi connectivity index (χ1n) is 7.16. The molecule has 6 nitrogen and oxygen atoms in total. The second kappa shape index (κ2) is 6.72. The molecule has 1 aliphatic heterocycles. The van der Waals surface area contributed by atoms with Crippen molar-refractivity contribution in [2.24, 2.45) is 0 Å². The highest BCUT2D eigenvalue weighted by Gasteiger charge is 2.44. The van der Waals surface area contributed by atoms with Gasteiger partial charge in [-0.05, 0) is 35.0 Å². The Kier molecular flexibility index (Phi) is 4.86. The lowest BCUT2D eigenvalue weighted by Gasteiger charge is -2.39. The standard InChI is InChI=1S/C16H17BrO6/c17-10-3-1-9-6-11(4-2-8(9)5-10)22-16-15(21)14(20)13(19)12(7-18)23-16/h1-6,12-16,18-21H,7H2/t12-,13-,14+,15-,16+/m1/s1. The molecule has 1 saturated heterocycles. The zero-order valence-electron chi connectivity index (χ0n) is 12.0. The maximum Gasteiger partial charge on any atom is 0.229 e. The lowest BCUT2D eigenvalue weighted by atomic mass is 9.99. The molecule has 23 heavy (non-hydrogen) atoms. The van der Waals surface area contributed by atoms with Crippen molar-refractivity contribution >= 4 is 26.7 Å². The highest BCUT2D eigenvalue weighted by Crippen LogP contribution is 2.28. The number of ether oxygens (including phenoxy) is 2. The molecule has 0 spiro atoms. The minimum atomic E-state index is -1.46. The summed E-state index contributed by atoms with van der Waals surface area (Å²) in [6, 6.07) is 11.1. The van der Waals surface area contributed by atoms with Crippen molar-refractivity contribution in [2.45, 2.75) is 30.7 Å². The quantitative estimate of drug-likeness (QED) is 0.624. The van der Waals surface area contributed by atoms with Crippen LogP contribution in [0.25, 0.3) is 10.8 Å². The molecule has 124 valence electrons. The second-order valence-corrected chi connectivity index (χ2v) is 6.38. The highest BCUT2D eigenvalue weighted by molar-refractivity contribution is 9.10. The van der Waals surface area contributed by atoms with Gasteiger partial charge in [0.15, 0.2) is 0 Å². The number of benzene rings is 2. The van der Waals surface area contributed by atoms with Crippen LogP contribution in [0.2, 0.25) is 0 Å². The predicted molar refractivity (Wildman–Crippen MR) is 86.0 cm³/mol. The maximum atomic E-state index is 9.98. The van der Waals surface area contributed by atoms with E-state index in [1.807, 2.05) is 24.3 Å². The SMILES string of the molecule is OC[C@H]1O[C@H](Oc2ccc3cc(Br)ccc3c2)[C@H](O)[C@@H](O)[C@@H]1O. The van der Waals surface area contributed by atoms with E-state index in [0.717, 1.165) is 15.2 Å². The van der Waals surface area contributed by atoms with Crippen LogP contribution in [-0.4, -0.2) is 57.7 Å². The van der Waals surface area contributed by atoms with Crippen molar-refractivity contribution in [2.75, 3.05) is 6.61 Å². The Labute approximate surface area is 141 Å². The van der Waals surface area contributed by atoms with Crippen LogP contribution in [0.15, 0.2) is 40.9 Å². The maximum absolute atomic E-state index is 9.98. The topological polar surface area (TPSA) is 99.4 Å². The number of fused-ring (bicyclic) bond motifs is 1. The van der Waals surface area contributed by atoms with Crippen molar-refractivity contribution in [3.05, 3.63) is 40.9 Å². The molecule has 4 N–H and O–H groups in total. The van der Waals surface area contributed by atoms with Gasteiger partial charge in [-0.1, -0.05) is 28.1 Å². The number of rotatable bonds is 3. The highest BCUT2D eigenvalue weighted by atomic mass is 79.9. The predicted octanol–water partition coefficient (Wildman–Crippen LogP) is 0.781. The molecule has 2 aromatic rings. The van der Waals surface area contributed by atoms with Gasteiger partial charge in [0.05, 0.1) is 6.61 Å². The largest absolute Gasteiger partial charge is 0.462 e. The van der Waals surface area contributed by atoms with E-state index >= 15 is 0 Å². The van der Waals surface area contributed by atoms with Gasteiger partial charge in [0.2, 0.25) is 6.29 Å². The number of halogens is 1. The van der Waals surface area contributed by atoms with Crippen molar-refractivity contribution in [1.29, 1.82) is 0 Å². The zero-order chi connectivity index (χ0) is 16.6. The Morgan fingerprint density at radius 3 is 2.39 bits per heavy atom. The Hall–Kier alpha value is -1.22. The Morgan fingerprint density at radius 1 is 0.957 bits per heavy atom. The van der Waals surface area contributed by atoms with E-state index in [9.17, 15) is 20.4 Å². The molecule has 7 heteroatoms. The van der Waals surface area contributed by atoms with Crippen LogP contribution in [0.4, 0.5) is 0 Å². The van der Waals surface area contributed by atoms with E-state index in [1.165, 1.54) is 0 Å². The third-order valence-corrected chi connectivity index (χ3v) is 4.37. The monoisotopic (exact) mass is 384 g/mol. The van der Waals surface area contributed by atoms with Gasteiger partial charge in [-0.25, -0.2) is 0 Å². The lowest BCUT2D eigenvalue weighted by molar-refractivity contribution is -0.277. The van der Waals surface area contributed by atoms with Crippen molar-refractivity contribution in [1.82, 2.24) is 0 Å². The molecule has 0 radical (unpaired) electrons. The molecule has 0 bridgehead atoms. The minimum Gasteiger partial charge on any atom is -0.462 e. The van der Waals surface area contributed by atoms with E-state index < -0.39 is 37.3 Å². The Morgan fingerprint density at radius 2 is 1.65 bits per heavy atom. The first kappa shape index (κ1) is 16.6. The number of aliphatic hydroxyl groups excluding tert-OH is 4. The van der Waals surface area contributed by atoms with Gasteiger partial charge in [-0.15, -0.1) is 0 Å². The molecule has 3 rings (SSSR count). The lowest BCUT2D eigenvalue weighted by Crippen LogP contribution is -2.60. The molecule has 0 aromatic heterocycles. The van der Waals surface area contributed by atoms with Crippen LogP contribution in [-0.2, 0) is 4.74 Å². The summed E-state index contributed by atoms with van der Waals surface area (Å²) < 4.78 is 11.9. The van der Waals surface area contributed by atoms with Crippen LogP contribution in [0.5, 0.6) is 5.75 Å². The zero-order valence-corrected chi connectivity index (χ0v) is 13.6. The van der Waals surface area contributed by atoms with Gasteiger partial charge in [0, 0.05) is 4.47 Å². The summed E-state index contributed by atoms with van der Waals surface area (Å²) in [4.78, 5) is 0. The summed E-state index contributed by atoms with van der Waals surface area (Å²) in [5.41, 5.74) is 0. The molecule has 1 heterocycles. The van der Waals surface area contributed by atoms with Crippen molar-refractivity contribution < 1.29 is 29.9 Å². The van der Waals surface area contributed by atoms with Crippen LogP contribution in [0.1, 0.15) is 0 Å². The molecule has 0 saturated carbocycles. The van der Waals surface area contributed by atoms with Crippen LogP contribution < -0.4 is 4.74 Å². The number of hydrogen-bond acceptors (Lipinski definition) is 6. The third-order valence-electron chi connectivity index (χ3n) is 3.87. The fraction of sp³-hybridized carbons (Fsp3) is 0.375. The average Bonchev–Trinajstić information content (AvgIpc) is 2.55. The van der Waals surface area contributed by atoms with E-state index in [2.05, 4.69) is 15.9 Å². The minimum absolute atomic E-state index is 0.448. The van der Waals surface area contributed by atoms with E-state index in [-0.39, 0.29) is 0 Å². The normalized spacial score (nSPS) is 31.3. The Bertz CT molecular complexity index is 691. The fourth-order valence-corrected chi connectivity index (χ4v) is 2.95. The van der Waals surface area contributed by atoms with Crippen molar-refractivity contribution in [3.63, 3.8) is 0 Å². The van der Waals surface area contributed by atoms with Crippen molar-refractivity contribution in [3.8, 4) is 5.75 Å². The summed E-state index contributed by atoms with van der Waals surface area (Å²) in [6.45, 7) is -0.490. The van der Waals surface area contributed by atoms with E-state index in [4.69, 9.17) is 9.47 Å². The van der Waals surface area contributed by atoms with E-state index in [0.29, 0.717) is 5.75 Å². The Balaban J connectivity index is 1.81. The molecule has 1 fully saturated rings. The molecule has 5 atom stereocenters. The first-order chi connectivity index (χ1) is 11.0. The molecule has 2 aromatic carbocycles. The van der Waals surface area contributed by atoms with Gasteiger partial charge < -0.3 is 29.9 Å². The number of aliphatic hydroxyl groups is 4. The van der Waals surface area contributed by atoms with Crippen LogP contribution in [0, 0.1) is 0 Å². The summed E-state index contributed by atoms with van der Waals surface area (Å²) in [5, 5.41) is 40.6. The van der Waals surface area contributed by atoms with Gasteiger partial charge in [-0.2, -0.15) is 0 Å². The van der Waals surface area contributed by atoms with Gasteiger partial charge >= 0.3 is 0 Å². The third kappa shape index (κ3) is 3.35. The molecule has 0 unspecified atom stereocenters. The molecule has 0 aliphatic carbocycles. The van der Waals surface area contributed by atoms with Crippen LogP contribution in [0.3, 0.4) is 0 Å². The molecular formula is C16H17BrO6. The average molecular weight is 385 g/mol. The second-order valence-electron chi connectivity index (χ2n) is 5.47. The van der Waals surface area contributed by atoms with Gasteiger partial charge in [0.1, 0.15) is 30.2 Å². The molecule has 0 amide bonds. The summed E-state index contributed by atoms with van der Waals surface area (Å²) >= 11 is 3.41. The van der Waals surface area contributed by atoms with Crippen LogP contribution >= 0.6 is 15.9 Å². The summed E-state index contributed by atoms with van der Waals surface area (Å²) in [6.07, 6.45) is -6.45. The van der Waals surface area contributed by atoms with Gasteiger partial charge in [0.25, 0.3) is 0 Å². The summed E-state index contributed by atoms with van der Waals surface area (Å²) in [7, 11) is 0. The summed E-state index contributed by atoms with van der Waals surface area (Å²) in [5.74, 6) is 0.448. The molecule has 1 aliphatic rings. The fourth-order valence-electron chi connectivity index (χ4n) is 2.57. The first-order valence-corrected chi connectivity index (χ1v) is 7.95. The molecular weight excluding hydrogens is 368 g/mol. The smallest absolute Gasteiger partial charge is 0.229 e. The number of hydrogen-bond donors (Lipinski definition) is 4. The van der Waals surface area contributed by atoms with E-state index in [1.54, 1.807) is 12.1 Å².